The zero-order valence-corrected chi connectivity index (χ0v) is 12.2. The van der Waals surface area contributed by atoms with Crippen molar-refractivity contribution in [2.24, 2.45) is 5.92 Å². The van der Waals surface area contributed by atoms with Crippen LogP contribution in [0.25, 0.3) is 5.69 Å². The highest BCUT2D eigenvalue weighted by atomic mass is 19.1. The van der Waals surface area contributed by atoms with Crippen LogP contribution in [0.2, 0.25) is 0 Å². The SMILES string of the molecule is O=C(O)C1CCCN(C(=O)c2cnn(-c3ccc(F)cc3)n2)C1. The molecule has 1 saturated heterocycles. The van der Waals surface area contributed by atoms with E-state index in [9.17, 15) is 14.0 Å². The molecule has 0 saturated carbocycles. The number of halogens is 1. The maximum absolute atomic E-state index is 12.9. The molecule has 1 aliphatic rings. The van der Waals surface area contributed by atoms with Crippen LogP contribution in [0.3, 0.4) is 0 Å². The van der Waals surface area contributed by atoms with Crippen LogP contribution in [0.1, 0.15) is 23.3 Å². The third-order valence-corrected chi connectivity index (χ3v) is 3.83. The zero-order valence-electron chi connectivity index (χ0n) is 12.2. The number of piperidine rings is 1. The van der Waals surface area contributed by atoms with E-state index in [1.165, 1.54) is 40.2 Å². The van der Waals surface area contributed by atoms with Crippen LogP contribution in [0, 0.1) is 11.7 Å². The summed E-state index contributed by atoms with van der Waals surface area (Å²) in [4.78, 5) is 26.2. The molecule has 1 fully saturated rings. The van der Waals surface area contributed by atoms with Gasteiger partial charge in [-0.1, -0.05) is 0 Å². The maximum Gasteiger partial charge on any atom is 0.308 e. The number of aromatic nitrogens is 3. The lowest BCUT2D eigenvalue weighted by molar-refractivity contribution is -0.143. The fourth-order valence-electron chi connectivity index (χ4n) is 2.59. The number of carboxylic acids is 1. The molecule has 1 amide bonds. The quantitative estimate of drug-likeness (QED) is 0.922. The first-order valence-corrected chi connectivity index (χ1v) is 7.25. The summed E-state index contributed by atoms with van der Waals surface area (Å²) in [7, 11) is 0. The number of aliphatic carboxylic acids is 1. The first kappa shape index (κ1) is 15.1. The van der Waals surface area contributed by atoms with Crippen molar-refractivity contribution in [1.82, 2.24) is 19.9 Å². The average molecular weight is 318 g/mol. The molecule has 2 aromatic rings. The van der Waals surface area contributed by atoms with E-state index in [4.69, 9.17) is 5.11 Å². The Morgan fingerprint density at radius 2 is 2.00 bits per heavy atom. The molecule has 2 heterocycles. The highest BCUT2D eigenvalue weighted by Gasteiger charge is 2.29. The molecule has 0 aliphatic carbocycles. The fourth-order valence-corrected chi connectivity index (χ4v) is 2.59. The summed E-state index contributed by atoms with van der Waals surface area (Å²) < 4.78 is 12.9. The van der Waals surface area contributed by atoms with E-state index in [0.29, 0.717) is 25.1 Å². The number of amides is 1. The molecule has 1 aromatic heterocycles. The molecule has 0 radical (unpaired) electrons. The van der Waals surface area contributed by atoms with Crippen LogP contribution in [0.4, 0.5) is 4.39 Å². The number of rotatable bonds is 3. The van der Waals surface area contributed by atoms with Crippen molar-refractivity contribution in [1.29, 1.82) is 0 Å². The lowest BCUT2D eigenvalue weighted by atomic mass is 9.98. The van der Waals surface area contributed by atoms with Gasteiger partial charge in [0.05, 0.1) is 17.8 Å². The van der Waals surface area contributed by atoms with Gasteiger partial charge in [0.1, 0.15) is 5.82 Å². The minimum absolute atomic E-state index is 0.139. The highest BCUT2D eigenvalue weighted by molar-refractivity contribution is 5.92. The molecule has 3 rings (SSSR count). The van der Waals surface area contributed by atoms with Gasteiger partial charge < -0.3 is 10.0 Å². The Balaban J connectivity index is 1.75. The van der Waals surface area contributed by atoms with Gasteiger partial charge in [-0.25, -0.2) is 4.39 Å². The van der Waals surface area contributed by atoms with Crippen molar-refractivity contribution in [3.8, 4) is 5.69 Å². The number of hydrogen-bond acceptors (Lipinski definition) is 4. The van der Waals surface area contributed by atoms with Crippen molar-refractivity contribution in [3.05, 3.63) is 42.0 Å². The normalized spacial score (nSPS) is 18.0. The van der Waals surface area contributed by atoms with Crippen LogP contribution in [0.15, 0.2) is 30.5 Å². The number of carbonyl (C=O) groups excluding carboxylic acids is 1. The van der Waals surface area contributed by atoms with Crippen LogP contribution in [-0.2, 0) is 4.79 Å². The first-order chi connectivity index (χ1) is 11.0. The van der Waals surface area contributed by atoms with Crippen molar-refractivity contribution in [2.75, 3.05) is 13.1 Å². The maximum atomic E-state index is 12.9. The molecule has 1 N–H and O–H groups in total. The number of carboxylic acid groups (broad SMARTS) is 1. The van der Waals surface area contributed by atoms with E-state index >= 15 is 0 Å². The van der Waals surface area contributed by atoms with Crippen molar-refractivity contribution < 1.29 is 19.1 Å². The summed E-state index contributed by atoms with van der Waals surface area (Å²) in [6, 6.07) is 5.57. The minimum atomic E-state index is -0.891. The van der Waals surface area contributed by atoms with Crippen molar-refractivity contribution >= 4 is 11.9 Å². The smallest absolute Gasteiger partial charge is 0.308 e. The van der Waals surface area contributed by atoms with Crippen LogP contribution >= 0.6 is 0 Å². The second-order valence-corrected chi connectivity index (χ2v) is 5.42. The number of hydrogen-bond donors (Lipinski definition) is 1. The molecule has 1 unspecified atom stereocenters. The van der Waals surface area contributed by atoms with Crippen LogP contribution < -0.4 is 0 Å². The van der Waals surface area contributed by atoms with E-state index in [2.05, 4.69) is 10.2 Å². The topological polar surface area (TPSA) is 88.3 Å². The molecular formula is C15H15FN4O3. The van der Waals surface area contributed by atoms with E-state index < -0.39 is 11.9 Å². The van der Waals surface area contributed by atoms with Crippen molar-refractivity contribution in [3.63, 3.8) is 0 Å². The number of carbonyl (C=O) groups is 2. The summed E-state index contributed by atoms with van der Waals surface area (Å²) in [5.41, 5.74) is 0.674. The van der Waals surface area contributed by atoms with Crippen molar-refractivity contribution in [2.45, 2.75) is 12.8 Å². The summed E-state index contributed by atoms with van der Waals surface area (Å²) in [6.07, 6.45) is 2.55. The standard InChI is InChI=1S/C15H15FN4O3/c16-11-3-5-12(6-4-11)20-17-8-13(18-20)14(21)19-7-1-2-10(9-19)15(22)23/h3-6,8,10H,1-2,7,9H2,(H,22,23). The Hall–Kier alpha value is -2.77. The first-order valence-electron chi connectivity index (χ1n) is 7.25. The van der Waals surface area contributed by atoms with E-state index in [1.807, 2.05) is 0 Å². The molecule has 1 atom stereocenters. The summed E-state index contributed by atoms with van der Waals surface area (Å²) in [6.45, 7) is 0.684. The molecule has 23 heavy (non-hydrogen) atoms. The summed E-state index contributed by atoms with van der Waals surface area (Å²) in [5, 5.41) is 17.2. The van der Waals surface area contributed by atoms with Gasteiger partial charge in [0.15, 0.2) is 5.69 Å². The lowest BCUT2D eigenvalue weighted by Gasteiger charge is -2.29. The molecule has 8 heteroatoms. The Morgan fingerprint density at radius 1 is 1.26 bits per heavy atom. The van der Waals surface area contributed by atoms with E-state index in [-0.39, 0.29) is 24.0 Å². The number of nitrogens with zero attached hydrogens (tertiary/aromatic N) is 4. The van der Waals surface area contributed by atoms with Gasteiger partial charge in [-0.15, -0.1) is 5.10 Å². The Bertz CT molecular complexity index is 729. The predicted molar refractivity (Wildman–Crippen MR) is 77.6 cm³/mol. The highest BCUT2D eigenvalue weighted by Crippen LogP contribution is 2.18. The molecule has 7 nitrogen and oxygen atoms in total. The van der Waals surface area contributed by atoms with Gasteiger partial charge in [0, 0.05) is 13.1 Å². The molecule has 0 spiro atoms. The van der Waals surface area contributed by atoms with Gasteiger partial charge >= 0.3 is 5.97 Å². The monoisotopic (exact) mass is 318 g/mol. The second-order valence-electron chi connectivity index (χ2n) is 5.42. The average Bonchev–Trinajstić information content (AvgIpc) is 3.05. The largest absolute Gasteiger partial charge is 0.481 e. The lowest BCUT2D eigenvalue weighted by Crippen LogP contribution is -2.42. The molecule has 1 aromatic carbocycles. The Kier molecular flexibility index (Phi) is 4.05. The molecule has 1 aliphatic heterocycles. The second kappa shape index (κ2) is 6.15. The Labute approximate surface area is 131 Å². The summed E-state index contributed by atoms with van der Waals surface area (Å²) in [5.74, 6) is -2.15. The minimum Gasteiger partial charge on any atom is -0.481 e. The molecule has 120 valence electrons. The number of likely N-dealkylation sites (tertiary alicyclic amines) is 1. The zero-order chi connectivity index (χ0) is 16.4. The van der Waals surface area contributed by atoms with E-state index in [1.54, 1.807) is 0 Å². The molecule has 0 bridgehead atoms. The third kappa shape index (κ3) is 3.20. The van der Waals surface area contributed by atoms with Gasteiger partial charge in [0.25, 0.3) is 5.91 Å². The third-order valence-electron chi connectivity index (χ3n) is 3.83. The van der Waals surface area contributed by atoms with E-state index in [0.717, 1.165) is 0 Å². The van der Waals surface area contributed by atoms with Gasteiger partial charge in [-0.3, -0.25) is 9.59 Å². The van der Waals surface area contributed by atoms with Crippen LogP contribution in [-0.4, -0.2) is 50.0 Å². The number of benzene rings is 1. The molecular weight excluding hydrogens is 303 g/mol. The summed E-state index contributed by atoms with van der Waals surface area (Å²) >= 11 is 0. The Morgan fingerprint density at radius 3 is 2.70 bits per heavy atom. The fraction of sp³-hybridized carbons (Fsp3) is 0.333. The van der Waals surface area contributed by atoms with Crippen LogP contribution in [0.5, 0.6) is 0 Å². The van der Waals surface area contributed by atoms with Gasteiger partial charge in [0.2, 0.25) is 0 Å². The predicted octanol–water partition coefficient (Wildman–Crippen LogP) is 1.34. The van der Waals surface area contributed by atoms with Gasteiger partial charge in [-0.2, -0.15) is 9.90 Å². The van der Waals surface area contributed by atoms with Gasteiger partial charge in [-0.05, 0) is 37.1 Å².